The zero-order valence-electron chi connectivity index (χ0n) is 8.06. The van der Waals surface area contributed by atoms with Gasteiger partial charge in [0, 0.05) is 0 Å². The first-order valence-corrected chi connectivity index (χ1v) is 4.88. The van der Waals surface area contributed by atoms with Crippen molar-refractivity contribution in [1.82, 2.24) is 5.32 Å². The van der Waals surface area contributed by atoms with E-state index in [0.717, 1.165) is 18.5 Å². The predicted molar refractivity (Wildman–Crippen MR) is 59.0 cm³/mol. The average Bonchev–Trinajstić information content (AvgIpc) is 2.19. The number of hydrogen-bond acceptors (Lipinski definition) is 1. The van der Waals surface area contributed by atoms with Crippen molar-refractivity contribution in [2.45, 2.75) is 6.42 Å². The summed E-state index contributed by atoms with van der Waals surface area (Å²) >= 11 is 5.76. The van der Waals surface area contributed by atoms with E-state index in [4.69, 9.17) is 11.6 Å². The maximum Gasteiger partial charge on any atom is 0.142 e. The Labute approximate surface area is 88.6 Å². The summed E-state index contributed by atoms with van der Waals surface area (Å²) in [6.07, 6.45) is 4.71. The lowest BCUT2D eigenvalue weighted by Crippen LogP contribution is -2.05. The standard InChI is InChI=1S/C11H13ClFN/c1-14-8-3-2-5-9-6-4-7-10(13)11(9)12/h2,4-7,14H,3,8H2,1H3. The summed E-state index contributed by atoms with van der Waals surface area (Å²) in [6.45, 7) is 0.906. The van der Waals surface area contributed by atoms with Crippen LogP contribution in [-0.2, 0) is 0 Å². The van der Waals surface area contributed by atoms with Crippen molar-refractivity contribution >= 4 is 17.7 Å². The minimum atomic E-state index is -0.373. The fourth-order valence-electron chi connectivity index (χ4n) is 1.09. The second-order valence-corrected chi connectivity index (χ2v) is 3.32. The molecule has 0 atom stereocenters. The Bertz CT molecular complexity index is 323. The fraction of sp³-hybridized carbons (Fsp3) is 0.273. The Morgan fingerprint density at radius 3 is 3.00 bits per heavy atom. The van der Waals surface area contributed by atoms with Gasteiger partial charge in [0.2, 0.25) is 0 Å². The molecule has 0 saturated carbocycles. The molecular formula is C11H13ClFN. The Kier molecular flexibility index (Phi) is 4.63. The van der Waals surface area contributed by atoms with Crippen LogP contribution in [0.2, 0.25) is 5.02 Å². The third kappa shape index (κ3) is 3.13. The van der Waals surface area contributed by atoms with Crippen LogP contribution in [0.15, 0.2) is 24.3 Å². The topological polar surface area (TPSA) is 12.0 Å². The third-order valence-electron chi connectivity index (χ3n) is 1.84. The molecule has 1 rings (SSSR count). The highest BCUT2D eigenvalue weighted by atomic mass is 35.5. The summed E-state index contributed by atoms with van der Waals surface area (Å²) in [7, 11) is 1.89. The van der Waals surface area contributed by atoms with Gasteiger partial charge >= 0.3 is 0 Å². The van der Waals surface area contributed by atoms with Crippen LogP contribution >= 0.6 is 11.6 Å². The molecule has 3 heteroatoms. The van der Waals surface area contributed by atoms with Gasteiger partial charge in [-0.3, -0.25) is 0 Å². The average molecular weight is 214 g/mol. The molecule has 1 aromatic carbocycles. The molecule has 0 aromatic heterocycles. The molecule has 1 nitrogen and oxygen atoms in total. The van der Waals surface area contributed by atoms with Gasteiger partial charge in [-0.2, -0.15) is 0 Å². The zero-order chi connectivity index (χ0) is 10.4. The summed E-state index contributed by atoms with van der Waals surface area (Å²) in [5, 5.41) is 3.21. The minimum absolute atomic E-state index is 0.188. The fourth-order valence-corrected chi connectivity index (χ4v) is 1.28. The van der Waals surface area contributed by atoms with Crippen LogP contribution in [0.1, 0.15) is 12.0 Å². The summed E-state index contributed by atoms with van der Waals surface area (Å²) in [5.74, 6) is -0.373. The molecule has 0 heterocycles. The van der Waals surface area contributed by atoms with Gasteiger partial charge in [0.25, 0.3) is 0 Å². The van der Waals surface area contributed by atoms with Gasteiger partial charge in [0.15, 0.2) is 0 Å². The maximum absolute atomic E-state index is 13.0. The second-order valence-electron chi connectivity index (χ2n) is 2.94. The van der Waals surface area contributed by atoms with E-state index in [9.17, 15) is 4.39 Å². The van der Waals surface area contributed by atoms with Crippen LogP contribution in [0.5, 0.6) is 0 Å². The molecule has 1 aromatic rings. The van der Waals surface area contributed by atoms with Crippen molar-refractivity contribution in [3.05, 3.63) is 40.7 Å². The van der Waals surface area contributed by atoms with Crippen molar-refractivity contribution in [3.63, 3.8) is 0 Å². The smallest absolute Gasteiger partial charge is 0.142 e. The number of nitrogens with one attached hydrogen (secondary N) is 1. The van der Waals surface area contributed by atoms with Crippen LogP contribution in [0.3, 0.4) is 0 Å². The first kappa shape index (κ1) is 11.2. The van der Waals surface area contributed by atoms with Crippen molar-refractivity contribution in [2.75, 3.05) is 13.6 Å². The molecule has 0 fully saturated rings. The third-order valence-corrected chi connectivity index (χ3v) is 2.24. The minimum Gasteiger partial charge on any atom is -0.319 e. The zero-order valence-corrected chi connectivity index (χ0v) is 8.81. The molecule has 0 aliphatic heterocycles. The van der Waals surface area contributed by atoms with Crippen LogP contribution < -0.4 is 5.32 Å². The maximum atomic E-state index is 13.0. The van der Waals surface area contributed by atoms with E-state index in [1.807, 2.05) is 19.2 Å². The van der Waals surface area contributed by atoms with Gasteiger partial charge in [-0.25, -0.2) is 4.39 Å². The van der Waals surface area contributed by atoms with Crippen LogP contribution in [0.4, 0.5) is 4.39 Å². The number of halogens is 2. The monoisotopic (exact) mass is 213 g/mol. The Hall–Kier alpha value is -0.860. The summed E-state index contributed by atoms with van der Waals surface area (Å²) < 4.78 is 13.0. The van der Waals surface area contributed by atoms with Crippen molar-refractivity contribution in [1.29, 1.82) is 0 Å². The SMILES string of the molecule is CNCCC=Cc1cccc(F)c1Cl. The molecule has 0 spiro atoms. The van der Waals surface area contributed by atoms with Crippen molar-refractivity contribution in [3.8, 4) is 0 Å². The van der Waals surface area contributed by atoms with E-state index < -0.39 is 0 Å². The molecule has 0 bridgehead atoms. The molecule has 0 amide bonds. The predicted octanol–water partition coefficient (Wildman–Crippen LogP) is 3.10. The molecule has 0 aliphatic rings. The lowest BCUT2D eigenvalue weighted by atomic mass is 10.2. The van der Waals surface area contributed by atoms with Gasteiger partial charge < -0.3 is 5.32 Å². The Balaban J connectivity index is 2.67. The van der Waals surface area contributed by atoms with Gasteiger partial charge in [0.1, 0.15) is 5.82 Å². The highest BCUT2D eigenvalue weighted by molar-refractivity contribution is 6.32. The molecule has 76 valence electrons. The van der Waals surface area contributed by atoms with E-state index in [2.05, 4.69) is 5.32 Å². The Morgan fingerprint density at radius 1 is 1.50 bits per heavy atom. The number of hydrogen-bond donors (Lipinski definition) is 1. The molecule has 1 N–H and O–H groups in total. The highest BCUT2D eigenvalue weighted by Gasteiger charge is 2.01. The lowest BCUT2D eigenvalue weighted by Gasteiger charge is -1.98. The molecular weight excluding hydrogens is 201 g/mol. The quantitative estimate of drug-likeness (QED) is 0.758. The molecule has 0 unspecified atom stereocenters. The van der Waals surface area contributed by atoms with Gasteiger partial charge in [0.05, 0.1) is 5.02 Å². The van der Waals surface area contributed by atoms with E-state index in [0.29, 0.717) is 0 Å². The van der Waals surface area contributed by atoms with E-state index in [1.54, 1.807) is 12.1 Å². The van der Waals surface area contributed by atoms with Gasteiger partial charge in [-0.05, 0) is 31.6 Å². The van der Waals surface area contributed by atoms with Gasteiger partial charge in [-0.1, -0.05) is 35.9 Å². The number of benzene rings is 1. The normalized spacial score (nSPS) is 11.1. The number of rotatable bonds is 4. The summed E-state index contributed by atoms with van der Waals surface area (Å²) in [6, 6.07) is 4.80. The van der Waals surface area contributed by atoms with E-state index in [1.165, 1.54) is 6.07 Å². The molecule has 0 radical (unpaired) electrons. The largest absolute Gasteiger partial charge is 0.319 e. The van der Waals surface area contributed by atoms with E-state index in [-0.39, 0.29) is 10.8 Å². The first-order valence-electron chi connectivity index (χ1n) is 4.51. The van der Waals surface area contributed by atoms with Crippen molar-refractivity contribution in [2.24, 2.45) is 0 Å². The van der Waals surface area contributed by atoms with Crippen LogP contribution in [-0.4, -0.2) is 13.6 Å². The molecule has 14 heavy (non-hydrogen) atoms. The molecule has 0 aliphatic carbocycles. The lowest BCUT2D eigenvalue weighted by molar-refractivity contribution is 0.628. The van der Waals surface area contributed by atoms with E-state index >= 15 is 0 Å². The summed E-state index contributed by atoms with van der Waals surface area (Å²) in [4.78, 5) is 0. The van der Waals surface area contributed by atoms with Crippen LogP contribution in [0, 0.1) is 5.82 Å². The second kappa shape index (κ2) is 5.78. The highest BCUT2D eigenvalue weighted by Crippen LogP contribution is 2.20. The van der Waals surface area contributed by atoms with Crippen molar-refractivity contribution < 1.29 is 4.39 Å². The Morgan fingerprint density at radius 2 is 2.29 bits per heavy atom. The molecule has 0 saturated heterocycles. The first-order chi connectivity index (χ1) is 6.75. The van der Waals surface area contributed by atoms with Gasteiger partial charge in [-0.15, -0.1) is 0 Å². The van der Waals surface area contributed by atoms with Crippen LogP contribution in [0.25, 0.3) is 6.08 Å². The summed E-state index contributed by atoms with van der Waals surface area (Å²) in [5.41, 5.74) is 0.725.